The Hall–Kier alpha value is -2.25. The van der Waals surface area contributed by atoms with Gasteiger partial charge in [-0.3, -0.25) is 0 Å². The van der Waals surface area contributed by atoms with E-state index in [1.807, 2.05) is 13.8 Å². The molecule has 1 amide bonds. The van der Waals surface area contributed by atoms with E-state index in [0.29, 0.717) is 16.5 Å². The molecule has 1 aromatic carbocycles. The first-order valence-corrected chi connectivity index (χ1v) is 7.35. The molecule has 0 aliphatic carbocycles. The Morgan fingerprint density at radius 1 is 1.39 bits per heavy atom. The van der Waals surface area contributed by atoms with Gasteiger partial charge in [0, 0.05) is 17.3 Å². The summed E-state index contributed by atoms with van der Waals surface area (Å²) in [6, 6.07) is 4.93. The number of amides is 1. The van der Waals surface area contributed by atoms with Gasteiger partial charge in [-0.05, 0) is 32.0 Å². The van der Waals surface area contributed by atoms with Gasteiger partial charge in [-0.2, -0.15) is 4.98 Å². The summed E-state index contributed by atoms with van der Waals surface area (Å²) < 4.78 is 10.5. The molecule has 0 radical (unpaired) electrons. The van der Waals surface area contributed by atoms with Crippen molar-refractivity contribution < 1.29 is 24.5 Å². The number of rotatable bonds is 5. The number of aromatic nitrogens is 1. The smallest absolute Gasteiger partial charge is 0.414 e. The first-order chi connectivity index (χ1) is 10.9. The van der Waals surface area contributed by atoms with Crippen LogP contribution in [0.2, 0.25) is 5.15 Å². The van der Waals surface area contributed by atoms with E-state index in [1.54, 1.807) is 18.2 Å². The fourth-order valence-corrected chi connectivity index (χ4v) is 2.15. The third-order valence-corrected chi connectivity index (χ3v) is 3.10. The molecule has 3 N–H and O–H groups in total. The van der Waals surface area contributed by atoms with Crippen molar-refractivity contribution in [3.8, 4) is 17.4 Å². The summed E-state index contributed by atoms with van der Waals surface area (Å²) in [6.07, 6.45) is -0.859. The monoisotopic (exact) mass is 340 g/mol. The molecule has 1 aromatic heterocycles. The number of carbonyl (C=O) groups is 1. The molecular formula is C15H17ClN2O5. The van der Waals surface area contributed by atoms with E-state index in [9.17, 15) is 9.90 Å². The molecule has 0 aliphatic rings. The van der Waals surface area contributed by atoms with Crippen molar-refractivity contribution in [1.82, 2.24) is 10.3 Å². The third-order valence-electron chi connectivity index (χ3n) is 2.81. The van der Waals surface area contributed by atoms with Crippen molar-refractivity contribution >= 4 is 28.5 Å². The highest BCUT2D eigenvalue weighted by Crippen LogP contribution is 2.38. The summed E-state index contributed by atoms with van der Waals surface area (Å²) in [5, 5.41) is 22.1. The topological polar surface area (TPSA) is 101 Å². The molecule has 8 heteroatoms. The van der Waals surface area contributed by atoms with Crippen LogP contribution in [0, 0.1) is 0 Å². The second-order valence-electron chi connectivity index (χ2n) is 4.97. The number of halogens is 1. The molecule has 0 fully saturated rings. The summed E-state index contributed by atoms with van der Waals surface area (Å²) in [5.74, 6) is -0.0277. The van der Waals surface area contributed by atoms with E-state index in [1.165, 1.54) is 0 Å². The summed E-state index contributed by atoms with van der Waals surface area (Å²) in [7, 11) is 0. The maximum Gasteiger partial charge on any atom is 0.414 e. The van der Waals surface area contributed by atoms with Crippen molar-refractivity contribution in [2.24, 2.45) is 0 Å². The fraction of sp³-hybridized carbons (Fsp3) is 0.333. The number of hydrogen-bond donors (Lipinski definition) is 3. The molecule has 124 valence electrons. The number of nitrogens with zero attached hydrogens (tertiary/aromatic N) is 1. The lowest BCUT2D eigenvalue weighted by Gasteiger charge is -2.13. The molecule has 0 spiro atoms. The minimum atomic E-state index is -0.850. The van der Waals surface area contributed by atoms with Gasteiger partial charge in [-0.15, -0.1) is 0 Å². The van der Waals surface area contributed by atoms with Crippen LogP contribution >= 0.6 is 11.6 Å². The van der Waals surface area contributed by atoms with Crippen LogP contribution in [0.5, 0.6) is 17.4 Å². The Morgan fingerprint density at radius 3 is 2.78 bits per heavy atom. The molecule has 2 rings (SSSR count). The number of aliphatic hydroxyl groups excluding tert-OH is 1. The zero-order valence-corrected chi connectivity index (χ0v) is 13.4. The van der Waals surface area contributed by atoms with E-state index in [0.717, 1.165) is 0 Å². The van der Waals surface area contributed by atoms with Crippen LogP contribution in [-0.2, 0) is 0 Å². The van der Waals surface area contributed by atoms with Gasteiger partial charge in [0.2, 0.25) is 0 Å². The predicted molar refractivity (Wildman–Crippen MR) is 85.3 cm³/mol. The summed E-state index contributed by atoms with van der Waals surface area (Å²) >= 11 is 6.10. The minimum absolute atomic E-state index is 0.00870. The number of ether oxygens (including phenoxy) is 2. The van der Waals surface area contributed by atoms with Gasteiger partial charge in [0.15, 0.2) is 5.75 Å². The van der Waals surface area contributed by atoms with Gasteiger partial charge < -0.3 is 25.0 Å². The lowest BCUT2D eigenvalue weighted by Crippen LogP contribution is -2.29. The van der Waals surface area contributed by atoms with E-state index in [4.69, 9.17) is 26.2 Å². The summed E-state index contributed by atoms with van der Waals surface area (Å²) in [6.45, 7) is 3.58. The van der Waals surface area contributed by atoms with Crippen LogP contribution in [0.4, 0.5) is 4.79 Å². The van der Waals surface area contributed by atoms with Crippen LogP contribution in [0.25, 0.3) is 10.8 Å². The molecular weight excluding hydrogens is 324 g/mol. The SMILES string of the molecule is CC(C)Oc1ccc2c(O)c(OC(=O)NCCO)nc(Cl)c2c1. The van der Waals surface area contributed by atoms with Gasteiger partial charge in [0.1, 0.15) is 10.9 Å². The molecule has 0 saturated carbocycles. The molecule has 1 heterocycles. The van der Waals surface area contributed by atoms with Gasteiger partial charge in [0.05, 0.1) is 12.7 Å². The van der Waals surface area contributed by atoms with Crippen molar-refractivity contribution in [3.05, 3.63) is 23.4 Å². The number of nitrogens with one attached hydrogen (secondary N) is 1. The van der Waals surface area contributed by atoms with E-state index in [-0.39, 0.29) is 36.0 Å². The Kier molecular flexibility index (Phi) is 5.46. The lowest BCUT2D eigenvalue weighted by molar-refractivity contribution is 0.192. The Bertz CT molecular complexity index is 721. The number of benzene rings is 1. The molecule has 0 bridgehead atoms. The third kappa shape index (κ3) is 4.14. The van der Waals surface area contributed by atoms with Gasteiger partial charge in [0.25, 0.3) is 5.88 Å². The van der Waals surface area contributed by atoms with Gasteiger partial charge >= 0.3 is 6.09 Å². The standard InChI is InChI=1S/C15H17ClN2O5/c1-8(2)22-9-3-4-10-11(7-9)13(16)18-14(12(10)20)23-15(21)17-5-6-19/h3-4,7-8,19-20H,5-6H2,1-2H3,(H,17,21). The van der Waals surface area contributed by atoms with Crippen molar-refractivity contribution in [2.45, 2.75) is 20.0 Å². The highest BCUT2D eigenvalue weighted by molar-refractivity contribution is 6.34. The Labute approximate surface area is 137 Å². The molecule has 23 heavy (non-hydrogen) atoms. The summed E-state index contributed by atoms with van der Waals surface area (Å²) in [5.41, 5.74) is 0. The lowest BCUT2D eigenvalue weighted by atomic mass is 10.1. The molecule has 0 unspecified atom stereocenters. The molecule has 0 atom stereocenters. The van der Waals surface area contributed by atoms with E-state index in [2.05, 4.69) is 10.3 Å². The average molecular weight is 341 g/mol. The van der Waals surface area contributed by atoms with Gasteiger partial charge in [-0.25, -0.2) is 4.79 Å². The Morgan fingerprint density at radius 2 is 2.13 bits per heavy atom. The molecule has 7 nitrogen and oxygen atoms in total. The zero-order chi connectivity index (χ0) is 17.0. The number of aromatic hydroxyl groups is 1. The zero-order valence-electron chi connectivity index (χ0n) is 12.7. The number of carbonyl (C=O) groups excluding carboxylic acids is 1. The highest BCUT2D eigenvalue weighted by Gasteiger charge is 2.17. The van der Waals surface area contributed by atoms with Crippen LogP contribution in [0.3, 0.4) is 0 Å². The fourth-order valence-electron chi connectivity index (χ4n) is 1.92. The maximum atomic E-state index is 11.5. The first kappa shape index (κ1) is 17.1. The molecule has 0 saturated heterocycles. The number of fused-ring (bicyclic) bond motifs is 1. The number of pyridine rings is 1. The van der Waals surface area contributed by atoms with Crippen molar-refractivity contribution in [2.75, 3.05) is 13.2 Å². The van der Waals surface area contributed by atoms with Crippen molar-refractivity contribution in [1.29, 1.82) is 0 Å². The average Bonchev–Trinajstić information content (AvgIpc) is 2.49. The summed E-state index contributed by atoms with van der Waals surface area (Å²) in [4.78, 5) is 15.4. The second-order valence-corrected chi connectivity index (χ2v) is 5.33. The van der Waals surface area contributed by atoms with Crippen LogP contribution in [0.1, 0.15) is 13.8 Å². The molecule has 0 aliphatic heterocycles. The van der Waals surface area contributed by atoms with E-state index < -0.39 is 6.09 Å². The number of aliphatic hydroxyl groups is 1. The van der Waals surface area contributed by atoms with E-state index >= 15 is 0 Å². The highest BCUT2D eigenvalue weighted by atomic mass is 35.5. The normalized spacial score (nSPS) is 10.8. The minimum Gasteiger partial charge on any atom is -0.503 e. The number of hydrogen-bond acceptors (Lipinski definition) is 6. The van der Waals surface area contributed by atoms with Crippen LogP contribution < -0.4 is 14.8 Å². The van der Waals surface area contributed by atoms with Crippen LogP contribution in [0.15, 0.2) is 18.2 Å². The Balaban J connectivity index is 2.35. The first-order valence-electron chi connectivity index (χ1n) is 6.97. The quantitative estimate of drug-likeness (QED) is 0.723. The van der Waals surface area contributed by atoms with Crippen molar-refractivity contribution in [3.63, 3.8) is 0 Å². The molecule has 2 aromatic rings. The second kappa shape index (κ2) is 7.34. The predicted octanol–water partition coefficient (Wildman–Crippen LogP) is 2.46. The van der Waals surface area contributed by atoms with Gasteiger partial charge in [-0.1, -0.05) is 11.6 Å². The largest absolute Gasteiger partial charge is 0.503 e. The maximum absolute atomic E-state index is 11.5. The van der Waals surface area contributed by atoms with Crippen LogP contribution in [-0.4, -0.2) is 40.5 Å².